The number of amides is 1. The second-order valence-corrected chi connectivity index (χ2v) is 8.88. The predicted octanol–water partition coefficient (Wildman–Crippen LogP) is 3.41. The third-order valence-corrected chi connectivity index (χ3v) is 7.18. The summed E-state index contributed by atoms with van der Waals surface area (Å²) in [5, 5.41) is 0. The lowest BCUT2D eigenvalue weighted by atomic mass is 10.0. The summed E-state index contributed by atoms with van der Waals surface area (Å²) < 4.78 is 28.0. The topological polar surface area (TPSA) is 66.5 Å². The van der Waals surface area contributed by atoms with Gasteiger partial charge in [-0.3, -0.25) is 9.52 Å². The van der Waals surface area contributed by atoms with Crippen molar-refractivity contribution in [3.05, 3.63) is 40.8 Å². The van der Waals surface area contributed by atoms with Gasteiger partial charge in [0.25, 0.3) is 10.0 Å². The van der Waals surface area contributed by atoms with Crippen molar-refractivity contribution in [1.29, 1.82) is 0 Å². The smallest absolute Gasteiger partial charge is 0.271 e. The van der Waals surface area contributed by atoms with E-state index >= 15 is 0 Å². The van der Waals surface area contributed by atoms with Gasteiger partial charge < -0.3 is 4.90 Å². The first-order valence-electron chi connectivity index (χ1n) is 7.93. The van der Waals surface area contributed by atoms with Crippen LogP contribution in [0.2, 0.25) is 0 Å². The van der Waals surface area contributed by atoms with E-state index in [1.165, 1.54) is 11.3 Å². The number of hydrogen-bond acceptors (Lipinski definition) is 4. The first-order valence-corrected chi connectivity index (χ1v) is 10.2. The largest absolute Gasteiger partial charge is 0.312 e. The number of thiophene rings is 1. The fraction of sp³-hybridized carbons (Fsp3) is 0.353. The molecule has 5 nitrogen and oxygen atoms in total. The van der Waals surface area contributed by atoms with Gasteiger partial charge in [-0.05, 0) is 55.2 Å². The third kappa shape index (κ3) is 3.32. The van der Waals surface area contributed by atoms with Crippen molar-refractivity contribution in [2.24, 2.45) is 0 Å². The van der Waals surface area contributed by atoms with Gasteiger partial charge in [0.15, 0.2) is 0 Å². The van der Waals surface area contributed by atoms with Gasteiger partial charge in [-0.15, -0.1) is 11.3 Å². The van der Waals surface area contributed by atoms with Crippen LogP contribution in [0.5, 0.6) is 0 Å². The first-order chi connectivity index (χ1) is 11.4. The molecule has 1 amide bonds. The molecule has 1 aromatic carbocycles. The number of carbonyl (C=O) groups is 1. The molecule has 24 heavy (non-hydrogen) atoms. The van der Waals surface area contributed by atoms with Gasteiger partial charge in [0.05, 0.1) is 0 Å². The minimum atomic E-state index is -3.57. The summed E-state index contributed by atoms with van der Waals surface area (Å²) >= 11 is 1.29. The van der Waals surface area contributed by atoms with Crippen LogP contribution >= 0.6 is 11.3 Å². The maximum atomic E-state index is 12.5. The Morgan fingerprint density at radius 1 is 1.29 bits per heavy atom. The molecule has 2 aromatic rings. The molecule has 128 valence electrons. The van der Waals surface area contributed by atoms with Crippen LogP contribution in [-0.2, 0) is 27.7 Å². The van der Waals surface area contributed by atoms with E-state index < -0.39 is 10.0 Å². The van der Waals surface area contributed by atoms with E-state index in [4.69, 9.17) is 0 Å². The van der Waals surface area contributed by atoms with Crippen molar-refractivity contribution in [1.82, 2.24) is 0 Å². The van der Waals surface area contributed by atoms with Crippen molar-refractivity contribution in [3.63, 3.8) is 0 Å². The molecule has 1 N–H and O–H groups in total. The molecule has 1 aliphatic heterocycles. The van der Waals surface area contributed by atoms with E-state index in [9.17, 15) is 13.2 Å². The van der Waals surface area contributed by atoms with Gasteiger partial charge in [0.1, 0.15) is 4.21 Å². The minimum Gasteiger partial charge on any atom is -0.312 e. The molecule has 0 radical (unpaired) electrons. The Labute approximate surface area is 146 Å². The van der Waals surface area contributed by atoms with E-state index in [0.717, 1.165) is 35.4 Å². The molecule has 7 heteroatoms. The monoisotopic (exact) mass is 364 g/mol. The molecule has 1 aromatic heterocycles. The van der Waals surface area contributed by atoms with Gasteiger partial charge in [0, 0.05) is 29.7 Å². The lowest BCUT2D eigenvalue weighted by Gasteiger charge is -2.29. The second kappa shape index (κ2) is 6.57. The maximum absolute atomic E-state index is 12.5. The molecular weight excluding hydrogens is 344 g/mol. The number of nitrogens with zero attached hydrogens (tertiary/aromatic N) is 1. The highest BCUT2D eigenvalue weighted by atomic mass is 32.2. The average Bonchev–Trinajstić information content (AvgIpc) is 3.03. The number of hydrogen-bond donors (Lipinski definition) is 1. The lowest BCUT2D eigenvalue weighted by Crippen LogP contribution is -2.33. The van der Waals surface area contributed by atoms with Crippen molar-refractivity contribution >= 4 is 38.6 Å². The van der Waals surface area contributed by atoms with Crippen LogP contribution in [0, 0.1) is 0 Å². The first kappa shape index (κ1) is 17.0. The minimum absolute atomic E-state index is 0.00922. The second-order valence-electron chi connectivity index (χ2n) is 5.80. The van der Waals surface area contributed by atoms with Gasteiger partial charge in [0.2, 0.25) is 5.91 Å². The van der Waals surface area contributed by atoms with Crippen LogP contribution < -0.4 is 9.62 Å². The number of sulfonamides is 1. The Bertz CT molecular complexity index is 872. The van der Waals surface area contributed by atoms with Crippen molar-refractivity contribution in [3.8, 4) is 0 Å². The normalized spacial score (nSPS) is 14.3. The summed E-state index contributed by atoms with van der Waals surface area (Å²) in [4.78, 5) is 14.5. The number of fused-ring (bicyclic) bond motifs is 1. The lowest BCUT2D eigenvalue weighted by molar-refractivity contribution is -0.116. The van der Waals surface area contributed by atoms with Crippen molar-refractivity contribution < 1.29 is 13.2 Å². The van der Waals surface area contributed by atoms with Gasteiger partial charge in [-0.1, -0.05) is 6.92 Å². The Morgan fingerprint density at radius 2 is 2.08 bits per heavy atom. The molecule has 3 rings (SSSR count). The fourth-order valence-corrected chi connectivity index (χ4v) is 5.23. The van der Waals surface area contributed by atoms with Crippen LogP contribution in [0.3, 0.4) is 0 Å². The molecule has 2 heterocycles. The number of rotatable bonds is 4. The zero-order valence-electron chi connectivity index (χ0n) is 13.7. The molecule has 0 bridgehead atoms. The maximum Gasteiger partial charge on any atom is 0.271 e. The van der Waals surface area contributed by atoms with Gasteiger partial charge in [-0.25, -0.2) is 8.42 Å². The van der Waals surface area contributed by atoms with E-state index in [-0.39, 0.29) is 5.91 Å². The molecular formula is C17H20N2O3S2. The molecule has 0 aliphatic carbocycles. The number of benzene rings is 1. The molecule has 0 fully saturated rings. The standard InChI is InChI=1S/C17H20N2O3S2/c1-3-15-7-9-17(23-15)24(21,22)18-14-6-8-16-13(11-14)5-4-10-19(16)12(2)20/h6-9,11,18H,3-5,10H2,1-2H3. The van der Waals surface area contributed by atoms with Crippen LogP contribution in [0.4, 0.5) is 11.4 Å². The fourth-order valence-electron chi connectivity index (χ4n) is 2.89. The molecule has 0 saturated heterocycles. The number of aryl methyl sites for hydroxylation is 2. The van der Waals surface area contributed by atoms with Crippen molar-refractivity contribution in [2.45, 2.75) is 37.3 Å². The van der Waals surface area contributed by atoms with Gasteiger partial charge in [-0.2, -0.15) is 0 Å². The zero-order chi connectivity index (χ0) is 17.3. The third-order valence-electron chi connectivity index (χ3n) is 4.08. The summed E-state index contributed by atoms with van der Waals surface area (Å²) in [6, 6.07) is 8.85. The quantitative estimate of drug-likeness (QED) is 0.904. The van der Waals surface area contributed by atoms with Crippen LogP contribution in [0.1, 0.15) is 30.7 Å². The molecule has 1 aliphatic rings. The summed E-state index contributed by atoms with van der Waals surface area (Å²) in [6.45, 7) is 4.26. The van der Waals surface area contributed by atoms with E-state index in [0.29, 0.717) is 16.4 Å². The Balaban J connectivity index is 1.87. The number of carbonyl (C=O) groups excluding carboxylic acids is 1. The molecule has 0 spiro atoms. The van der Waals surface area contributed by atoms with E-state index in [2.05, 4.69) is 4.72 Å². The summed E-state index contributed by atoms with van der Waals surface area (Å²) in [6.07, 6.45) is 2.54. The van der Waals surface area contributed by atoms with Gasteiger partial charge >= 0.3 is 0 Å². The summed E-state index contributed by atoms with van der Waals surface area (Å²) in [7, 11) is -3.57. The van der Waals surface area contributed by atoms with Crippen molar-refractivity contribution in [2.75, 3.05) is 16.2 Å². The highest BCUT2D eigenvalue weighted by Crippen LogP contribution is 2.31. The molecule has 0 saturated carbocycles. The highest BCUT2D eigenvalue weighted by Gasteiger charge is 2.22. The van der Waals surface area contributed by atoms with Crippen LogP contribution in [-0.4, -0.2) is 20.9 Å². The Morgan fingerprint density at radius 3 is 2.75 bits per heavy atom. The SMILES string of the molecule is CCc1ccc(S(=O)(=O)Nc2ccc3c(c2)CCCN3C(C)=O)s1. The summed E-state index contributed by atoms with van der Waals surface area (Å²) in [5.41, 5.74) is 2.41. The Kier molecular flexibility index (Phi) is 4.64. The number of anilines is 2. The molecule has 0 atom stereocenters. The van der Waals surface area contributed by atoms with E-state index in [1.807, 2.05) is 25.1 Å². The molecule has 0 unspecified atom stereocenters. The predicted molar refractivity (Wildman–Crippen MR) is 97.3 cm³/mol. The number of nitrogens with one attached hydrogen (secondary N) is 1. The van der Waals surface area contributed by atoms with E-state index in [1.54, 1.807) is 24.0 Å². The average molecular weight is 364 g/mol. The van der Waals surface area contributed by atoms with Crippen LogP contribution in [0.15, 0.2) is 34.5 Å². The zero-order valence-corrected chi connectivity index (χ0v) is 15.3. The highest BCUT2D eigenvalue weighted by molar-refractivity contribution is 7.94. The summed E-state index contributed by atoms with van der Waals surface area (Å²) in [5.74, 6) is 0.00922. The van der Waals surface area contributed by atoms with Crippen LogP contribution in [0.25, 0.3) is 0 Å². The Hall–Kier alpha value is -1.86.